The van der Waals surface area contributed by atoms with Crippen LogP contribution >= 0.6 is 0 Å². The van der Waals surface area contributed by atoms with E-state index in [0.29, 0.717) is 17.2 Å². The molecule has 112 valence electrons. The number of benzene rings is 2. The summed E-state index contributed by atoms with van der Waals surface area (Å²) in [5.41, 5.74) is 2.39. The van der Waals surface area contributed by atoms with Crippen molar-refractivity contribution in [3.63, 3.8) is 0 Å². The number of ether oxygens (including phenoxy) is 1. The Bertz CT molecular complexity index is 702. The van der Waals surface area contributed by atoms with Gasteiger partial charge in [-0.2, -0.15) is 5.26 Å². The summed E-state index contributed by atoms with van der Waals surface area (Å²) < 4.78 is 5.42. The Morgan fingerprint density at radius 2 is 2.00 bits per heavy atom. The second-order valence-electron chi connectivity index (χ2n) is 5.22. The summed E-state index contributed by atoms with van der Waals surface area (Å²) in [6.07, 6.45) is 0. The second kappa shape index (κ2) is 7.28. The monoisotopic (exact) mass is 294 g/mol. The first-order chi connectivity index (χ1) is 10.6. The highest BCUT2D eigenvalue weighted by Crippen LogP contribution is 2.23. The van der Waals surface area contributed by atoms with Crippen LogP contribution in [-0.2, 0) is 4.79 Å². The van der Waals surface area contributed by atoms with Gasteiger partial charge < -0.3 is 10.1 Å². The van der Waals surface area contributed by atoms with Gasteiger partial charge >= 0.3 is 0 Å². The Kier molecular flexibility index (Phi) is 5.16. The minimum atomic E-state index is -0.226. The minimum Gasteiger partial charge on any atom is -0.484 e. The van der Waals surface area contributed by atoms with Gasteiger partial charge in [-0.05, 0) is 35.7 Å². The molecule has 1 N–H and O–H groups in total. The highest BCUT2D eigenvalue weighted by molar-refractivity contribution is 5.92. The molecule has 0 aliphatic heterocycles. The molecule has 4 heteroatoms. The number of amides is 1. The molecule has 0 heterocycles. The fourth-order valence-electron chi connectivity index (χ4n) is 2.10. The van der Waals surface area contributed by atoms with E-state index in [4.69, 9.17) is 10.00 Å². The van der Waals surface area contributed by atoms with Crippen LogP contribution in [0.2, 0.25) is 0 Å². The van der Waals surface area contributed by atoms with Crippen LogP contribution < -0.4 is 10.1 Å². The summed E-state index contributed by atoms with van der Waals surface area (Å²) in [6, 6.07) is 16.5. The second-order valence-corrected chi connectivity index (χ2v) is 5.22. The normalized spacial score (nSPS) is 10.1. The highest BCUT2D eigenvalue weighted by atomic mass is 16.5. The molecular weight excluding hydrogens is 276 g/mol. The molecule has 0 saturated heterocycles. The molecule has 0 aliphatic carbocycles. The van der Waals surface area contributed by atoms with Crippen LogP contribution in [0, 0.1) is 11.3 Å². The summed E-state index contributed by atoms with van der Waals surface area (Å²) in [4.78, 5) is 12.0. The van der Waals surface area contributed by atoms with E-state index in [0.717, 1.165) is 11.3 Å². The minimum absolute atomic E-state index is 0.0959. The maximum atomic E-state index is 12.0. The summed E-state index contributed by atoms with van der Waals surface area (Å²) in [7, 11) is 0. The molecular formula is C18H18N2O2. The zero-order chi connectivity index (χ0) is 15.9. The van der Waals surface area contributed by atoms with E-state index in [1.807, 2.05) is 30.3 Å². The predicted octanol–water partition coefficient (Wildman–Crippen LogP) is 3.70. The molecule has 0 unspecified atom stereocenters. The molecule has 0 atom stereocenters. The van der Waals surface area contributed by atoms with E-state index in [-0.39, 0.29) is 12.5 Å². The molecule has 4 nitrogen and oxygen atoms in total. The van der Waals surface area contributed by atoms with Crippen molar-refractivity contribution < 1.29 is 9.53 Å². The van der Waals surface area contributed by atoms with Crippen molar-refractivity contribution >= 4 is 11.6 Å². The average Bonchev–Trinajstić information content (AvgIpc) is 2.53. The Hall–Kier alpha value is -2.80. The molecule has 0 saturated carbocycles. The third kappa shape index (κ3) is 4.10. The van der Waals surface area contributed by atoms with Crippen molar-refractivity contribution in [3.8, 4) is 11.8 Å². The van der Waals surface area contributed by atoms with Crippen LogP contribution in [0.4, 0.5) is 5.69 Å². The number of hydrogen-bond acceptors (Lipinski definition) is 3. The fraction of sp³-hybridized carbons (Fsp3) is 0.222. The fourth-order valence-corrected chi connectivity index (χ4v) is 2.10. The largest absolute Gasteiger partial charge is 0.484 e. The quantitative estimate of drug-likeness (QED) is 0.914. The highest BCUT2D eigenvalue weighted by Gasteiger charge is 2.09. The molecule has 0 fully saturated rings. The maximum Gasteiger partial charge on any atom is 0.262 e. The lowest BCUT2D eigenvalue weighted by Crippen LogP contribution is -2.21. The lowest BCUT2D eigenvalue weighted by Gasteiger charge is -2.14. The molecule has 1 amide bonds. The number of carbonyl (C=O) groups is 1. The Morgan fingerprint density at radius 3 is 2.73 bits per heavy atom. The van der Waals surface area contributed by atoms with E-state index in [1.54, 1.807) is 24.3 Å². The first kappa shape index (κ1) is 15.6. The lowest BCUT2D eigenvalue weighted by atomic mass is 10.0. The van der Waals surface area contributed by atoms with Gasteiger partial charge in [-0.1, -0.05) is 38.1 Å². The number of para-hydroxylation sites is 1. The van der Waals surface area contributed by atoms with E-state index >= 15 is 0 Å². The molecule has 2 rings (SSSR count). The van der Waals surface area contributed by atoms with Crippen LogP contribution in [0.5, 0.6) is 5.75 Å². The van der Waals surface area contributed by atoms with Gasteiger partial charge in [-0.15, -0.1) is 0 Å². The van der Waals surface area contributed by atoms with Crippen LogP contribution in [0.3, 0.4) is 0 Å². The van der Waals surface area contributed by atoms with Crippen LogP contribution in [0.1, 0.15) is 30.9 Å². The molecule has 0 aliphatic rings. The number of nitrogens with zero attached hydrogens (tertiary/aromatic N) is 1. The molecule has 0 aromatic heterocycles. The number of nitriles is 1. The number of carbonyl (C=O) groups excluding carboxylic acids is 1. The van der Waals surface area contributed by atoms with Gasteiger partial charge in [0.15, 0.2) is 6.61 Å². The van der Waals surface area contributed by atoms with E-state index in [2.05, 4.69) is 19.2 Å². The first-order valence-corrected chi connectivity index (χ1v) is 7.12. The first-order valence-electron chi connectivity index (χ1n) is 7.12. The lowest BCUT2D eigenvalue weighted by molar-refractivity contribution is -0.118. The van der Waals surface area contributed by atoms with Crippen LogP contribution in [-0.4, -0.2) is 12.5 Å². The number of anilines is 1. The molecule has 22 heavy (non-hydrogen) atoms. The van der Waals surface area contributed by atoms with Crippen molar-refractivity contribution in [2.45, 2.75) is 19.8 Å². The van der Waals surface area contributed by atoms with E-state index in [1.165, 1.54) is 0 Å². The summed E-state index contributed by atoms with van der Waals surface area (Å²) in [5.74, 6) is 0.603. The maximum absolute atomic E-state index is 12.0. The SMILES string of the molecule is CC(C)c1ccccc1NC(=O)COc1cccc(C#N)c1. The standard InChI is InChI=1S/C18H18N2O2/c1-13(2)16-8-3-4-9-17(16)20-18(21)12-22-15-7-5-6-14(10-15)11-19/h3-10,13H,12H2,1-2H3,(H,20,21). The van der Waals surface area contributed by atoms with Crippen LogP contribution in [0.15, 0.2) is 48.5 Å². The predicted molar refractivity (Wildman–Crippen MR) is 85.8 cm³/mol. The van der Waals surface area contributed by atoms with Gasteiger partial charge in [0.25, 0.3) is 5.91 Å². The van der Waals surface area contributed by atoms with Crippen molar-refractivity contribution in [2.75, 3.05) is 11.9 Å². The number of hydrogen-bond donors (Lipinski definition) is 1. The third-order valence-electron chi connectivity index (χ3n) is 3.19. The Balaban J connectivity index is 1.98. The van der Waals surface area contributed by atoms with Gasteiger partial charge in [0.1, 0.15) is 5.75 Å². The van der Waals surface area contributed by atoms with Gasteiger partial charge in [-0.3, -0.25) is 4.79 Å². The number of nitrogens with one attached hydrogen (secondary N) is 1. The summed E-state index contributed by atoms with van der Waals surface area (Å²) in [5, 5.41) is 11.7. The van der Waals surface area contributed by atoms with E-state index < -0.39 is 0 Å². The third-order valence-corrected chi connectivity index (χ3v) is 3.19. The average molecular weight is 294 g/mol. The Morgan fingerprint density at radius 1 is 1.23 bits per heavy atom. The molecule has 2 aromatic rings. The smallest absolute Gasteiger partial charge is 0.262 e. The summed E-state index contributed by atoms with van der Waals surface area (Å²) >= 11 is 0. The number of rotatable bonds is 5. The van der Waals surface area contributed by atoms with Gasteiger partial charge in [0.2, 0.25) is 0 Å². The molecule has 0 spiro atoms. The van der Waals surface area contributed by atoms with Gasteiger partial charge in [0.05, 0.1) is 11.6 Å². The zero-order valence-electron chi connectivity index (χ0n) is 12.7. The molecule has 0 radical (unpaired) electrons. The van der Waals surface area contributed by atoms with Crippen LogP contribution in [0.25, 0.3) is 0 Å². The zero-order valence-corrected chi connectivity index (χ0v) is 12.7. The Labute approximate surface area is 130 Å². The van der Waals surface area contributed by atoms with E-state index in [9.17, 15) is 4.79 Å². The van der Waals surface area contributed by atoms with Crippen molar-refractivity contribution in [3.05, 3.63) is 59.7 Å². The topological polar surface area (TPSA) is 62.1 Å². The van der Waals surface area contributed by atoms with Crippen molar-refractivity contribution in [1.29, 1.82) is 5.26 Å². The molecule has 2 aromatic carbocycles. The van der Waals surface area contributed by atoms with Crippen molar-refractivity contribution in [2.24, 2.45) is 0 Å². The van der Waals surface area contributed by atoms with Crippen molar-refractivity contribution in [1.82, 2.24) is 0 Å². The molecule has 0 bridgehead atoms. The van der Waals surface area contributed by atoms with Gasteiger partial charge in [-0.25, -0.2) is 0 Å². The van der Waals surface area contributed by atoms with Gasteiger partial charge in [0, 0.05) is 5.69 Å². The summed E-state index contributed by atoms with van der Waals surface area (Å²) in [6.45, 7) is 4.06.